The van der Waals surface area contributed by atoms with E-state index in [1.165, 1.54) is 6.07 Å². The van der Waals surface area contributed by atoms with Gasteiger partial charge in [-0.25, -0.2) is 8.42 Å². The molecule has 2 aromatic carbocycles. The van der Waals surface area contributed by atoms with E-state index in [4.69, 9.17) is 0 Å². The molecular weight excluding hydrogens is 336 g/mol. The van der Waals surface area contributed by atoms with Crippen molar-refractivity contribution in [1.29, 1.82) is 0 Å². The minimum atomic E-state index is -3.78. The van der Waals surface area contributed by atoms with Gasteiger partial charge in [0, 0.05) is 11.6 Å². The lowest BCUT2D eigenvalue weighted by Crippen LogP contribution is -2.26. The van der Waals surface area contributed by atoms with Crippen LogP contribution >= 0.6 is 0 Å². The second kappa shape index (κ2) is 6.52. The molecule has 25 heavy (non-hydrogen) atoms. The van der Waals surface area contributed by atoms with Gasteiger partial charge in [-0.3, -0.25) is 9.52 Å². The Morgan fingerprint density at radius 3 is 2.36 bits per heavy atom. The van der Waals surface area contributed by atoms with Crippen LogP contribution in [0.1, 0.15) is 39.9 Å². The van der Waals surface area contributed by atoms with Crippen molar-refractivity contribution >= 4 is 21.6 Å². The molecule has 0 aliphatic heterocycles. The first kappa shape index (κ1) is 17.5. The maximum Gasteiger partial charge on any atom is 0.262 e. The average molecular weight is 358 g/mol. The van der Waals surface area contributed by atoms with Crippen LogP contribution in [-0.4, -0.2) is 20.4 Å². The predicted octanol–water partition coefficient (Wildman–Crippen LogP) is 3.30. The fourth-order valence-electron chi connectivity index (χ4n) is 2.57. The van der Waals surface area contributed by atoms with Crippen LogP contribution in [0.3, 0.4) is 0 Å². The van der Waals surface area contributed by atoms with Crippen molar-refractivity contribution in [2.24, 2.45) is 0 Å². The number of sulfonamides is 1. The van der Waals surface area contributed by atoms with Gasteiger partial charge in [-0.2, -0.15) is 0 Å². The number of hydrogen-bond acceptors (Lipinski definition) is 3. The zero-order valence-corrected chi connectivity index (χ0v) is 15.4. The molecule has 0 saturated heterocycles. The summed E-state index contributed by atoms with van der Waals surface area (Å²) >= 11 is 0. The average Bonchev–Trinajstić information content (AvgIpc) is 3.34. The molecule has 2 N–H and O–H groups in total. The number of amides is 1. The van der Waals surface area contributed by atoms with Gasteiger partial charge in [0.1, 0.15) is 0 Å². The molecule has 0 atom stereocenters. The summed E-state index contributed by atoms with van der Waals surface area (Å²) in [6, 6.07) is 10.6. The van der Waals surface area contributed by atoms with Crippen molar-refractivity contribution < 1.29 is 13.2 Å². The molecule has 0 heterocycles. The van der Waals surface area contributed by atoms with Crippen LogP contribution in [0.2, 0.25) is 0 Å². The maximum absolute atomic E-state index is 12.9. The van der Waals surface area contributed by atoms with Crippen molar-refractivity contribution in [3.05, 3.63) is 58.7 Å². The SMILES string of the molecule is Cc1ccc(C)c(NS(=O)(=O)c2cc(C(=O)NC3CC3)ccc2C)c1. The van der Waals surface area contributed by atoms with E-state index in [0.29, 0.717) is 16.8 Å². The Morgan fingerprint density at radius 1 is 1.00 bits per heavy atom. The first-order chi connectivity index (χ1) is 11.8. The summed E-state index contributed by atoms with van der Waals surface area (Å²) in [5.74, 6) is -0.231. The minimum absolute atomic E-state index is 0.122. The zero-order valence-electron chi connectivity index (χ0n) is 14.6. The van der Waals surface area contributed by atoms with E-state index in [1.807, 2.05) is 26.0 Å². The predicted molar refractivity (Wildman–Crippen MR) is 98.4 cm³/mol. The van der Waals surface area contributed by atoms with E-state index in [9.17, 15) is 13.2 Å². The van der Waals surface area contributed by atoms with E-state index < -0.39 is 10.0 Å². The molecule has 1 saturated carbocycles. The molecular formula is C19H22N2O3S. The Labute approximate surface area is 148 Å². The van der Waals surface area contributed by atoms with Gasteiger partial charge in [-0.1, -0.05) is 18.2 Å². The van der Waals surface area contributed by atoms with E-state index in [0.717, 1.165) is 24.0 Å². The Kier molecular flexibility index (Phi) is 4.56. The number of carbonyl (C=O) groups is 1. The third-order valence-corrected chi connectivity index (χ3v) is 5.80. The fraction of sp³-hybridized carbons (Fsp3) is 0.316. The Hall–Kier alpha value is -2.34. The number of benzene rings is 2. The van der Waals surface area contributed by atoms with E-state index in [2.05, 4.69) is 10.0 Å². The molecule has 0 radical (unpaired) electrons. The van der Waals surface area contributed by atoms with Gasteiger partial charge in [0.25, 0.3) is 15.9 Å². The van der Waals surface area contributed by atoms with Crippen LogP contribution in [-0.2, 0) is 10.0 Å². The molecule has 1 fully saturated rings. The van der Waals surface area contributed by atoms with Crippen molar-refractivity contribution in [2.45, 2.75) is 44.6 Å². The van der Waals surface area contributed by atoms with Crippen LogP contribution in [0.5, 0.6) is 0 Å². The molecule has 3 rings (SSSR count). The third kappa shape index (κ3) is 4.02. The molecule has 1 aliphatic carbocycles. The summed E-state index contributed by atoms with van der Waals surface area (Å²) in [4.78, 5) is 12.3. The van der Waals surface area contributed by atoms with Crippen molar-refractivity contribution in [3.8, 4) is 0 Å². The van der Waals surface area contributed by atoms with E-state index in [-0.39, 0.29) is 16.8 Å². The number of rotatable bonds is 5. The van der Waals surface area contributed by atoms with Gasteiger partial charge in [0.05, 0.1) is 10.6 Å². The van der Waals surface area contributed by atoms with Gasteiger partial charge >= 0.3 is 0 Å². The van der Waals surface area contributed by atoms with E-state index in [1.54, 1.807) is 25.1 Å². The lowest BCUT2D eigenvalue weighted by molar-refractivity contribution is 0.0951. The highest BCUT2D eigenvalue weighted by Gasteiger charge is 2.25. The zero-order chi connectivity index (χ0) is 18.2. The summed E-state index contributed by atoms with van der Waals surface area (Å²) < 4.78 is 28.3. The van der Waals surface area contributed by atoms with E-state index >= 15 is 0 Å². The highest BCUT2D eigenvalue weighted by Crippen LogP contribution is 2.24. The maximum atomic E-state index is 12.9. The Balaban J connectivity index is 1.93. The molecule has 2 aromatic rings. The quantitative estimate of drug-likeness (QED) is 0.861. The summed E-state index contributed by atoms with van der Waals surface area (Å²) in [5.41, 5.74) is 3.32. The lowest BCUT2D eigenvalue weighted by atomic mass is 10.1. The standard InChI is InChI=1S/C19H22N2O3S/c1-12-4-5-13(2)17(10-12)21-25(23,24)18-11-15(7-6-14(18)3)19(22)20-16-8-9-16/h4-7,10-11,16,21H,8-9H2,1-3H3,(H,20,22). The van der Waals surface area contributed by atoms with Crippen LogP contribution < -0.4 is 10.0 Å². The van der Waals surface area contributed by atoms with Crippen molar-refractivity contribution in [1.82, 2.24) is 5.32 Å². The van der Waals surface area contributed by atoms with Crippen LogP contribution in [0, 0.1) is 20.8 Å². The smallest absolute Gasteiger partial charge is 0.262 e. The number of hydrogen-bond donors (Lipinski definition) is 2. The van der Waals surface area contributed by atoms with Crippen molar-refractivity contribution in [2.75, 3.05) is 4.72 Å². The Bertz CT molecular complexity index is 932. The molecule has 0 unspecified atom stereocenters. The number of carbonyl (C=O) groups excluding carboxylic acids is 1. The molecule has 5 nitrogen and oxygen atoms in total. The highest BCUT2D eigenvalue weighted by molar-refractivity contribution is 7.92. The van der Waals surface area contributed by atoms with Gasteiger partial charge in [-0.05, 0) is 68.5 Å². The molecule has 0 spiro atoms. The fourth-order valence-corrected chi connectivity index (χ4v) is 3.97. The van der Waals surface area contributed by atoms with Crippen LogP contribution in [0.4, 0.5) is 5.69 Å². The number of anilines is 1. The van der Waals surface area contributed by atoms with Crippen LogP contribution in [0.25, 0.3) is 0 Å². The van der Waals surface area contributed by atoms with Gasteiger partial charge in [0.2, 0.25) is 0 Å². The topological polar surface area (TPSA) is 75.3 Å². The third-order valence-electron chi connectivity index (χ3n) is 4.29. The molecule has 0 aromatic heterocycles. The summed E-state index contributed by atoms with van der Waals surface area (Å²) in [7, 11) is -3.78. The Morgan fingerprint density at radius 2 is 1.68 bits per heavy atom. The largest absolute Gasteiger partial charge is 0.349 e. The molecule has 132 valence electrons. The normalized spacial score (nSPS) is 14.2. The van der Waals surface area contributed by atoms with Gasteiger partial charge in [-0.15, -0.1) is 0 Å². The number of aryl methyl sites for hydroxylation is 3. The summed E-state index contributed by atoms with van der Waals surface area (Å²) in [6.45, 7) is 5.48. The molecule has 0 bridgehead atoms. The highest BCUT2D eigenvalue weighted by atomic mass is 32.2. The first-order valence-electron chi connectivity index (χ1n) is 8.28. The number of nitrogens with one attached hydrogen (secondary N) is 2. The monoisotopic (exact) mass is 358 g/mol. The van der Waals surface area contributed by atoms with Crippen molar-refractivity contribution in [3.63, 3.8) is 0 Å². The lowest BCUT2D eigenvalue weighted by Gasteiger charge is -2.14. The molecule has 6 heteroatoms. The molecule has 1 aliphatic rings. The minimum Gasteiger partial charge on any atom is -0.349 e. The second-order valence-electron chi connectivity index (χ2n) is 6.65. The molecule has 1 amide bonds. The van der Waals surface area contributed by atoms with Gasteiger partial charge in [0.15, 0.2) is 0 Å². The van der Waals surface area contributed by atoms with Gasteiger partial charge < -0.3 is 5.32 Å². The second-order valence-corrected chi connectivity index (χ2v) is 8.30. The first-order valence-corrected chi connectivity index (χ1v) is 9.76. The summed E-state index contributed by atoms with van der Waals surface area (Å²) in [6.07, 6.45) is 1.97. The summed E-state index contributed by atoms with van der Waals surface area (Å²) in [5, 5.41) is 2.88. The van der Waals surface area contributed by atoms with Crippen LogP contribution in [0.15, 0.2) is 41.3 Å².